The molecule has 0 saturated heterocycles. The highest BCUT2D eigenvalue weighted by atomic mass is 19.1. The van der Waals surface area contributed by atoms with Crippen molar-refractivity contribution >= 4 is 11.7 Å². The number of carbonyl (C=O) groups is 1. The molecule has 86 valence electrons. The first-order valence-electron chi connectivity index (χ1n) is 4.93. The molecule has 0 spiro atoms. The Kier molecular flexibility index (Phi) is 2.46. The van der Waals surface area contributed by atoms with Gasteiger partial charge in [0.15, 0.2) is 11.6 Å². The fraction of sp³-hybridized carbons (Fsp3) is 0.364. The number of ether oxygens (including phenoxy) is 1. The summed E-state index contributed by atoms with van der Waals surface area (Å²) >= 11 is 0. The van der Waals surface area contributed by atoms with Gasteiger partial charge in [0, 0.05) is 7.05 Å². The van der Waals surface area contributed by atoms with E-state index in [-0.39, 0.29) is 11.8 Å². The molecule has 2 rings (SSSR count). The first-order valence-corrected chi connectivity index (χ1v) is 4.93. The highest BCUT2D eigenvalue weighted by molar-refractivity contribution is 5.77. The van der Waals surface area contributed by atoms with E-state index in [9.17, 15) is 9.18 Å². The molecule has 2 atom stereocenters. The molecule has 0 bridgehead atoms. The van der Waals surface area contributed by atoms with Gasteiger partial charge in [-0.25, -0.2) is 9.18 Å². The summed E-state index contributed by atoms with van der Waals surface area (Å²) < 4.78 is 18.7. The van der Waals surface area contributed by atoms with Crippen molar-refractivity contribution in [2.45, 2.75) is 19.1 Å². The average molecular weight is 225 g/mol. The van der Waals surface area contributed by atoms with Crippen molar-refractivity contribution in [3.63, 3.8) is 0 Å². The number of carboxylic acids is 1. The molecule has 4 nitrogen and oxygen atoms in total. The first kappa shape index (κ1) is 10.7. The number of carboxylic acid groups (broad SMARTS) is 1. The fourth-order valence-electron chi connectivity index (χ4n) is 1.80. The van der Waals surface area contributed by atoms with E-state index < -0.39 is 17.9 Å². The standard InChI is InChI=1S/C11H12FNO3/c1-6-9(11(14)15)16-10-7(12)4-3-5-8(10)13(6)2/h3-6,9H,1-2H3,(H,14,15). The van der Waals surface area contributed by atoms with Crippen LogP contribution in [0.15, 0.2) is 18.2 Å². The molecule has 1 aromatic carbocycles. The highest BCUT2D eigenvalue weighted by Crippen LogP contribution is 2.37. The largest absolute Gasteiger partial charge is 0.478 e. The number of halogens is 1. The summed E-state index contributed by atoms with van der Waals surface area (Å²) in [6.45, 7) is 1.73. The molecule has 5 heteroatoms. The molecular weight excluding hydrogens is 213 g/mol. The third-order valence-electron chi connectivity index (χ3n) is 2.86. The molecule has 2 unspecified atom stereocenters. The zero-order valence-corrected chi connectivity index (χ0v) is 8.98. The van der Waals surface area contributed by atoms with Crippen LogP contribution in [0.5, 0.6) is 5.75 Å². The Morgan fingerprint density at radius 2 is 2.25 bits per heavy atom. The molecule has 0 radical (unpaired) electrons. The lowest BCUT2D eigenvalue weighted by atomic mass is 10.1. The van der Waals surface area contributed by atoms with Gasteiger partial charge in [-0.2, -0.15) is 0 Å². The Hall–Kier alpha value is -1.78. The molecule has 0 amide bonds. The van der Waals surface area contributed by atoms with Gasteiger partial charge in [0.25, 0.3) is 0 Å². The number of fused-ring (bicyclic) bond motifs is 1. The zero-order chi connectivity index (χ0) is 11.9. The summed E-state index contributed by atoms with van der Waals surface area (Å²) in [6.07, 6.45) is -1.05. The lowest BCUT2D eigenvalue weighted by molar-refractivity contribution is -0.146. The Labute approximate surface area is 92.2 Å². The maximum Gasteiger partial charge on any atom is 0.347 e. The third kappa shape index (κ3) is 1.48. The Morgan fingerprint density at radius 3 is 2.88 bits per heavy atom. The molecule has 1 aliphatic rings. The maximum atomic E-state index is 13.5. The van der Waals surface area contributed by atoms with Crippen molar-refractivity contribution in [2.24, 2.45) is 0 Å². The Morgan fingerprint density at radius 1 is 1.56 bits per heavy atom. The minimum Gasteiger partial charge on any atom is -0.478 e. The number of aliphatic carboxylic acids is 1. The van der Waals surface area contributed by atoms with Crippen molar-refractivity contribution in [2.75, 3.05) is 11.9 Å². The van der Waals surface area contributed by atoms with Crippen LogP contribution in [0.2, 0.25) is 0 Å². The number of anilines is 1. The van der Waals surface area contributed by atoms with E-state index in [0.29, 0.717) is 5.69 Å². The molecule has 1 N–H and O–H groups in total. The van der Waals surface area contributed by atoms with Crippen LogP contribution in [0.1, 0.15) is 6.92 Å². The van der Waals surface area contributed by atoms with Gasteiger partial charge in [0.1, 0.15) is 0 Å². The van der Waals surface area contributed by atoms with Gasteiger partial charge in [0.05, 0.1) is 11.7 Å². The maximum absolute atomic E-state index is 13.5. The second kappa shape index (κ2) is 3.66. The van der Waals surface area contributed by atoms with E-state index in [1.165, 1.54) is 6.07 Å². The quantitative estimate of drug-likeness (QED) is 0.786. The van der Waals surface area contributed by atoms with Crippen molar-refractivity contribution in [1.82, 2.24) is 0 Å². The number of para-hydroxylation sites is 1. The molecule has 1 aromatic rings. The predicted molar refractivity (Wildman–Crippen MR) is 56.3 cm³/mol. The van der Waals surface area contributed by atoms with Gasteiger partial charge in [-0.15, -0.1) is 0 Å². The van der Waals surface area contributed by atoms with Crippen LogP contribution in [0.25, 0.3) is 0 Å². The van der Waals surface area contributed by atoms with E-state index in [1.807, 2.05) is 0 Å². The number of likely N-dealkylation sites (N-methyl/N-ethyl adjacent to an activating group) is 1. The molecular formula is C11H12FNO3. The third-order valence-corrected chi connectivity index (χ3v) is 2.86. The summed E-state index contributed by atoms with van der Waals surface area (Å²) in [7, 11) is 1.72. The molecule has 16 heavy (non-hydrogen) atoms. The number of hydrogen-bond donors (Lipinski definition) is 1. The number of rotatable bonds is 1. The first-order chi connectivity index (χ1) is 7.52. The topological polar surface area (TPSA) is 49.8 Å². The van der Waals surface area contributed by atoms with Crippen LogP contribution in [0.3, 0.4) is 0 Å². The minimum atomic E-state index is -1.09. The van der Waals surface area contributed by atoms with E-state index >= 15 is 0 Å². The predicted octanol–water partition coefficient (Wildman–Crippen LogP) is 1.50. The molecule has 1 aliphatic heterocycles. The summed E-state index contributed by atoms with van der Waals surface area (Å²) in [4.78, 5) is 12.7. The van der Waals surface area contributed by atoms with Crippen LogP contribution < -0.4 is 9.64 Å². The smallest absolute Gasteiger partial charge is 0.347 e. The summed E-state index contributed by atoms with van der Waals surface area (Å²) in [5.41, 5.74) is 0.574. The van der Waals surface area contributed by atoms with Gasteiger partial charge in [-0.3, -0.25) is 0 Å². The fourth-order valence-corrected chi connectivity index (χ4v) is 1.80. The lowest BCUT2D eigenvalue weighted by Gasteiger charge is -2.37. The van der Waals surface area contributed by atoms with Crippen molar-refractivity contribution in [1.29, 1.82) is 0 Å². The summed E-state index contributed by atoms with van der Waals surface area (Å²) in [5.74, 6) is -1.62. The van der Waals surface area contributed by atoms with Crippen LogP contribution in [-0.4, -0.2) is 30.3 Å². The summed E-state index contributed by atoms with van der Waals surface area (Å²) in [5, 5.41) is 8.97. The summed E-state index contributed by atoms with van der Waals surface area (Å²) in [6, 6.07) is 4.18. The zero-order valence-electron chi connectivity index (χ0n) is 8.98. The SMILES string of the molecule is CC1C(C(=O)O)Oc2c(F)cccc2N1C. The molecule has 0 saturated carbocycles. The minimum absolute atomic E-state index is 0.00972. The second-order valence-electron chi connectivity index (χ2n) is 3.82. The van der Waals surface area contributed by atoms with Crippen LogP contribution in [-0.2, 0) is 4.79 Å². The van der Waals surface area contributed by atoms with Crippen LogP contribution in [0.4, 0.5) is 10.1 Å². The van der Waals surface area contributed by atoms with Crippen LogP contribution in [0, 0.1) is 5.82 Å². The monoisotopic (exact) mass is 225 g/mol. The molecule has 1 heterocycles. The van der Waals surface area contributed by atoms with Crippen molar-refractivity contribution < 1.29 is 19.0 Å². The Balaban J connectivity index is 2.48. The van der Waals surface area contributed by atoms with Crippen LogP contribution >= 0.6 is 0 Å². The normalized spacial score (nSPS) is 23.6. The number of hydrogen-bond acceptors (Lipinski definition) is 3. The van der Waals surface area contributed by atoms with Crippen molar-refractivity contribution in [3.05, 3.63) is 24.0 Å². The second-order valence-corrected chi connectivity index (χ2v) is 3.82. The van der Waals surface area contributed by atoms with E-state index in [2.05, 4.69) is 0 Å². The van der Waals surface area contributed by atoms with E-state index in [1.54, 1.807) is 31.0 Å². The molecule has 0 fully saturated rings. The number of nitrogens with zero attached hydrogens (tertiary/aromatic N) is 1. The van der Waals surface area contributed by atoms with Crippen molar-refractivity contribution in [3.8, 4) is 5.75 Å². The van der Waals surface area contributed by atoms with Gasteiger partial charge in [-0.05, 0) is 19.1 Å². The number of benzene rings is 1. The van der Waals surface area contributed by atoms with Gasteiger partial charge in [0.2, 0.25) is 6.10 Å². The average Bonchev–Trinajstić information content (AvgIpc) is 2.23. The van der Waals surface area contributed by atoms with Gasteiger partial charge in [-0.1, -0.05) is 6.07 Å². The Bertz CT molecular complexity index is 435. The van der Waals surface area contributed by atoms with E-state index in [4.69, 9.17) is 9.84 Å². The van der Waals surface area contributed by atoms with Gasteiger partial charge >= 0.3 is 5.97 Å². The van der Waals surface area contributed by atoms with E-state index in [0.717, 1.165) is 0 Å². The molecule has 0 aliphatic carbocycles. The highest BCUT2D eigenvalue weighted by Gasteiger charge is 2.36. The molecule has 0 aromatic heterocycles. The van der Waals surface area contributed by atoms with Gasteiger partial charge < -0.3 is 14.7 Å². The lowest BCUT2D eigenvalue weighted by Crippen LogP contribution is -2.50.